The van der Waals surface area contributed by atoms with Crippen LogP contribution in [0.2, 0.25) is 5.02 Å². The molecule has 0 bridgehead atoms. The highest BCUT2D eigenvalue weighted by atomic mass is 35.5. The lowest BCUT2D eigenvalue weighted by Gasteiger charge is -2.25. The summed E-state index contributed by atoms with van der Waals surface area (Å²) >= 11 is 7.50. The molecule has 0 saturated carbocycles. The molecule has 0 fully saturated rings. The number of carboxylic acid groups (broad SMARTS) is 1. The van der Waals surface area contributed by atoms with Gasteiger partial charge in [-0.3, -0.25) is 9.36 Å². The lowest BCUT2D eigenvalue weighted by molar-refractivity contribution is -0.136. The highest BCUT2D eigenvalue weighted by molar-refractivity contribution is 7.98. The lowest BCUT2D eigenvalue weighted by Crippen LogP contribution is -2.15. The first-order valence-electron chi connectivity index (χ1n) is 12.7. The number of rotatable bonds is 8. The molecule has 0 spiro atoms. The quantitative estimate of drug-likeness (QED) is 0.218. The molecule has 4 aromatic rings. The average molecular weight is 571 g/mol. The van der Waals surface area contributed by atoms with Crippen LogP contribution >= 0.6 is 23.4 Å². The van der Waals surface area contributed by atoms with Crippen molar-refractivity contribution in [3.63, 3.8) is 0 Å². The van der Waals surface area contributed by atoms with Gasteiger partial charge >= 0.3 is 5.97 Å². The number of fused-ring (bicyclic) bond motifs is 1. The number of nitrogens with zero attached hydrogens (tertiary/aromatic N) is 2. The summed E-state index contributed by atoms with van der Waals surface area (Å²) in [5.74, 6) is -2.82. The zero-order chi connectivity index (χ0) is 27.7. The van der Waals surface area contributed by atoms with E-state index in [-0.39, 0.29) is 35.9 Å². The van der Waals surface area contributed by atoms with Gasteiger partial charge in [0.1, 0.15) is 17.5 Å². The molecule has 1 unspecified atom stereocenters. The predicted octanol–water partition coefficient (Wildman–Crippen LogP) is 8.03. The molecule has 4 nitrogen and oxygen atoms in total. The molecule has 5 rings (SSSR count). The van der Waals surface area contributed by atoms with Crippen LogP contribution < -0.4 is 0 Å². The molecule has 1 heterocycles. The molecule has 39 heavy (non-hydrogen) atoms. The molecule has 3 aromatic carbocycles. The molecule has 0 radical (unpaired) electrons. The first kappa shape index (κ1) is 27.3. The number of benzene rings is 3. The molecular formula is C30H26ClF3N2O2S. The van der Waals surface area contributed by atoms with Crippen LogP contribution in [0.3, 0.4) is 0 Å². The van der Waals surface area contributed by atoms with Crippen molar-refractivity contribution in [1.29, 1.82) is 0 Å². The number of aliphatic carboxylic acids is 1. The molecule has 1 N–H and O–H groups in total. The van der Waals surface area contributed by atoms with E-state index < -0.39 is 17.6 Å². The standard InChI is InChI=1S/C30H26ClF3N2O2S/c1-17-13-19(6-11-24(17)31)22-3-2-4-27-29(22)36(21-9-7-20(32)8-10-21)30(35-27)39-16-23-25(33)14-18(15-26(23)34)5-12-28(37)38/h6-11,13-15,22H,2-5,12,16H2,1H3,(H,37,38). The number of hydrogen-bond acceptors (Lipinski definition) is 3. The topological polar surface area (TPSA) is 55.1 Å². The molecule has 0 saturated heterocycles. The number of aryl methyl sites for hydroxylation is 3. The van der Waals surface area contributed by atoms with Crippen LogP contribution in [-0.2, 0) is 23.4 Å². The maximum Gasteiger partial charge on any atom is 0.303 e. The molecular weight excluding hydrogens is 545 g/mol. The maximum absolute atomic E-state index is 14.9. The van der Waals surface area contributed by atoms with Crippen LogP contribution in [-0.4, -0.2) is 20.6 Å². The highest BCUT2D eigenvalue weighted by Crippen LogP contribution is 2.42. The summed E-state index contributed by atoms with van der Waals surface area (Å²) in [7, 11) is 0. The van der Waals surface area contributed by atoms with Crippen molar-refractivity contribution in [2.45, 2.75) is 55.9 Å². The summed E-state index contributed by atoms with van der Waals surface area (Å²) < 4.78 is 45.6. The smallest absolute Gasteiger partial charge is 0.303 e. The summed E-state index contributed by atoms with van der Waals surface area (Å²) in [4.78, 5) is 15.7. The summed E-state index contributed by atoms with van der Waals surface area (Å²) in [6.45, 7) is 1.96. The Kier molecular flexibility index (Phi) is 8.05. The van der Waals surface area contributed by atoms with Gasteiger partial charge in [0, 0.05) is 34.4 Å². The molecule has 1 aliphatic rings. The largest absolute Gasteiger partial charge is 0.481 e. The Morgan fingerprint density at radius 3 is 2.49 bits per heavy atom. The highest BCUT2D eigenvalue weighted by Gasteiger charge is 2.30. The minimum absolute atomic E-state index is 0.0152. The van der Waals surface area contributed by atoms with Crippen LogP contribution in [0.25, 0.3) is 5.69 Å². The summed E-state index contributed by atoms with van der Waals surface area (Å²) in [6.07, 6.45) is 2.43. The number of aromatic nitrogens is 2. The minimum Gasteiger partial charge on any atom is -0.481 e. The molecule has 0 aliphatic heterocycles. The Balaban J connectivity index is 1.53. The van der Waals surface area contributed by atoms with Crippen LogP contribution in [0.5, 0.6) is 0 Å². The van der Waals surface area contributed by atoms with Gasteiger partial charge in [0.25, 0.3) is 0 Å². The zero-order valence-electron chi connectivity index (χ0n) is 21.2. The van der Waals surface area contributed by atoms with E-state index in [2.05, 4.69) is 6.07 Å². The van der Waals surface area contributed by atoms with Crippen LogP contribution in [0.15, 0.2) is 59.8 Å². The molecule has 0 amide bonds. The SMILES string of the molecule is Cc1cc(C2CCCc3nc(SCc4c(F)cc(CCC(=O)O)cc4F)n(-c4ccc(F)cc4)c32)ccc1Cl. The molecule has 9 heteroatoms. The van der Waals surface area contributed by atoms with E-state index in [1.165, 1.54) is 36.0 Å². The van der Waals surface area contributed by atoms with E-state index in [4.69, 9.17) is 21.7 Å². The first-order chi connectivity index (χ1) is 18.7. The summed E-state index contributed by atoms with van der Waals surface area (Å²) in [5, 5.41) is 10.1. The van der Waals surface area contributed by atoms with E-state index in [9.17, 15) is 18.0 Å². The van der Waals surface area contributed by atoms with Crippen molar-refractivity contribution in [2.24, 2.45) is 0 Å². The minimum atomic E-state index is -1.03. The fraction of sp³-hybridized carbons (Fsp3) is 0.267. The van der Waals surface area contributed by atoms with Crippen molar-refractivity contribution in [3.8, 4) is 5.69 Å². The Labute approximate surface area is 233 Å². The van der Waals surface area contributed by atoms with Gasteiger partial charge in [-0.2, -0.15) is 0 Å². The number of carbonyl (C=O) groups is 1. The van der Waals surface area contributed by atoms with Gasteiger partial charge < -0.3 is 5.11 Å². The van der Waals surface area contributed by atoms with E-state index in [1.54, 1.807) is 12.1 Å². The fourth-order valence-electron chi connectivity index (χ4n) is 5.08. The second kappa shape index (κ2) is 11.5. The van der Waals surface area contributed by atoms with Gasteiger partial charge in [-0.25, -0.2) is 18.2 Å². The third-order valence-electron chi connectivity index (χ3n) is 7.04. The summed E-state index contributed by atoms with van der Waals surface area (Å²) in [6, 6.07) is 14.5. The number of thioether (sulfide) groups is 1. The van der Waals surface area contributed by atoms with Crippen molar-refractivity contribution in [1.82, 2.24) is 9.55 Å². The van der Waals surface area contributed by atoms with Crippen molar-refractivity contribution < 1.29 is 23.1 Å². The Morgan fingerprint density at radius 1 is 1.10 bits per heavy atom. The lowest BCUT2D eigenvalue weighted by atomic mass is 9.83. The second-order valence-electron chi connectivity index (χ2n) is 9.71. The Morgan fingerprint density at radius 2 is 1.82 bits per heavy atom. The van der Waals surface area contributed by atoms with Gasteiger partial charge in [-0.1, -0.05) is 35.5 Å². The monoisotopic (exact) mass is 570 g/mol. The second-order valence-corrected chi connectivity index (χ2v) is 11.1. The number of carboxylic acids is 1. The van der Waals surface area contributed by atoms with Gasteiger partial charge in [0.2, 0.25) is 0 Å². The Hall–Kier alpha value is -3.23. The van der Waals surface area contributed by atoms with Crippen molar-refractivity contribution in [3.05, 3.63) is 111 Å². The third-order valence-corrected chi connectivity index (χ3v) is 8.43. The number of imidazole rings is 1. The van der Waals surface area contributed by atoms with Crippen LogP contribution in [0.4, 0.5) is 13.2 Å². The average Bonchev–Trinajstić information content (AvgIpc) is 3.27. The fourth-order valence-corrected chi connectivity index (χ4v) is 6.25. The van der Waals surface area contributed by atoms with Gasteiger partial charge in [0.15, 0.2) is 5.16 Å². The zero-order valence-corrected chi connectivity index (χ0v) is 22.8. The van der Waals surface area contributed by atoms with Crippen LogP contribution in [0, 0.1) is 24.4 Å². The van der Waals surface area contributed by atoms with E-state index in [0.29, 0.717) is 15.7 Å². The molecule has 1 atom stereocenters. The normalized spacial score (nSPS) is 14.8. The molecule has 202 valence electrons. The first-order valence-corrected chi connectivity index (χ1v) is 14.0. The Bertz CT molecular complexity index is 1520. The summed E-state index contributed by atoms with van der Waals surface area (Å²) in [5.41, 5.74) is 4.89. The molecule has 1 aromatic heterocycles. The van der Waals surface area contributed by atoms with E-state index >= 15 is 0 Å². The predicted molar refractivity (Wildman–Crippen MR) is 146 cm³/mol. The van der Waals surface area contributed by atoms with Crippen molar-refractivity contribution >= 4 is 29.3 Å². The third kappa shape index (κ3) is 5.87. The maximum atomic E-state index is 14.9. The number of halogens is 4. The van der Waals surface area contributed by atoms with E-state index in [1.807, 2.05) is 23.6 Å². The van der Waals surface area contributed by atoms with E-state index in [0.717, 1.165) is 47.5 Å². The van der Waals surface area contributed by atoms with Gasteiger partial charge in [-0.15, -0.1) is 0 Å². The molecule has 1 aliphatic carbocycles. The van der Waals surface area contributed by atoms with Crippen molar-refractivity contribution in [2.75, 3.05) is 0 Å². The van der Waals surface area contributed by atoms with Crippen LogP contribution in [0.1, 0.15) is 58.8 Å². The van der Waals surface area contributed by atoms with Gasteiger partial charge in [-0.05, 0) is 91.8 Å². The number of hydrogen-bond donors (Lipinski definition) is 1. The van der Waals surface area contributed by atoms with Gasteiger partial charge in [0.05, 0.1) is 11.4 Å².